The molecule has 0 radical (unpaired) electrons. The van der Waals surface area contributed by atoms with E-state index in [2.05, 4.69) is 17.6 Å². The Morgan fingerprint density at radius 1 is 1.26 bits per heavy atom. The quantitative estimate of drug-likeness (QED) is 0.825. The van der Waals surface area contributed by atoms with Gasteiger partial charge in [-0.25, -0.2) is 0 Å². The van der Waals surface area contributed by atoms with Gasteiger partial charge in [-0.3, -0.25) is 4.79 Å². The number of nitrogens with one attached hydrogen (secondary N) is 2. The predicted octanol–water partition coefficient (Wildman–Crippen LogP) is 2.96. The largest absolute Gasteiger partial charge is 0.325 e. The van der Waals surface area contributed by atoms with Crippen molar-refractivity contribution in [1.82, 2.24) is 5.32 Å². The number of rotatable bonds is 6. The zero-order valence-corrected chi connectivity index (χ0v) is 12.1. The van der Waals surface area contributed by atoms with Crippen LogP contribution in [0.5, 0.6) is 0 Å². The van der Waals surface area contributed by atoms with Crippen LogP contribution in [0.3, 0.4) is 0 Å². The fraction of sp³-hybridized carbons (Fsp3) is 0.562. The molecular weight excluding hydrogens is 236 g/mol. The van der Waals surface area contributed by atoms with E-state index < -0.39 is 0 Å². The van der Waals surface area contributed by atoms with Crippen LogP contribution < -0.4 is 10.6 Å². The van der Waals surface area contributed by atoms with Gasteiger partial charge in [0, 0.05) is 5.69 Å². The molecule has 0 heterocycles. The summed E-state index contributed by atoms with van der Waals surface area (Å²) in [7, 11) is 0. The summed E-state index contributed by atoms with van der Waals surface area (Å²) in [6.07, 6.45) is 2.71. The van der Waals surface area contributed by atoms with Crippen molar-refractivity contribution < 1.29 is 4.79 Å². The van der Waals surface area contributed by atoms with E-state index >= 15 is 0 Å². The lowest BCUT2D eigenvalue weighted by molar-refractivity contribution is -0.117. The molecule has 0 aliphatic heterocycles. The minimum Gasteiger partial charge on any atom is -0.325 e. The van der Waals surface area contributed by atoms with Crippen LogP contribution in [-0.4, -0.2) is 18.5 Å². The van der Waals surface area contributed by atoms with Crippen molar-refractivity contribution in [2.24, 2.45) is 11.8 Å². The van der Waals surface area contributed by atoms with Crippen molar-refractivity contribution in [1.29, 1.82) is 0 Å². The Labute approximate surface area is 115 Å². The highest BCUT2D eigenvalue weighted by Crippen LogP contribution is 2.36. The van der Waals surface area contributed by atoms with Gasteiger partial charge in [0.05, 0.1) is 6.04 Å². The lowest BCUT2D eigenvalue weighted by atomic mass is 10.1. The van der Waals surface area contributed by atoms with Crippen molar-refractivity contribution in [2.75, 3.05) is 11.9 Å². The lowest BCUT2D eigenvalue weighted by Gasteiger charge is -2.17. The first-order valence-corrected chi connectivity index (χ1v) is 7.17. The Morgan fingerprint density at radius 3 is 2.47 bits per heavy atom. The average Bonchev–Trinajstić information content (AvgIpc) is 3.22. The van der Waals surface area contributed by atoms with Crippen LogP contribution in [0.4, 0.5) is 5.69 Å². The molecule has 104 valence electrons. The molecule has 0 aromatic heterocycles. The van der Waals surface area contributed by atoms with E-state index in [-0.39, 0.29) is 11.9 Å². The van der Waals surface area contributed by atoms with Crippen molar-refractivity contribution in [3.63, 3.8) is 0 Å². The number of carbonyl (C=O) groups excluding carboxylic acids is 1. The van der Waals surface area contributed by atoms with E-state index in [4.69, 9.17) is 0 Å². The normalized spacial score (nSPS) is 17.8. The van der Waals surface area contributed by atoms with Crippen molar-refractivity contribution in [3.05, 3.63) is 29.8 Å². The first kappa shape index (κ1) is 14.1. The fourth-order valence-electron chi connectivity index (χ4n) is 2.17. The summed E-state index contributed by atoms with van der Waals surface area (Å²) in [6.45, 7) is 7.14. The van der Waals surface area contributed by atoms with Crippen molar-refractivity contribution >= 4 is 11.6 Å². The summed E-state index contributed by atoms with van der Waals surface area (Å²) >= 11 is 0. The second-order valence-corrected chi connectivity index (χ2v) is 5.80. The number of carbonyl (C=O) groups is 1. The van der Waals surface area contributed by atoms with E-state index in [9.17, 15) is 4.79 Å². The summed E-state index contributed by atoms with van der Waals surface area (Å²) in [6, 6.07) is 7.73. The van der Waals surface area contributed by atoms with E-state index in [0.29, 0.717) is 5.92 Å². The third kappa shape index (κ3) is 4.35. The Kier molecular flexibility index (Phi) is 4.59. The molecule has 1 fully saturated rings. The molecule has 19 heavy (non-hydrogen) atoms. The first-order valence-electron chi connectivity index (χ1n) is 7.17. The Hall–Kier alpha value is -1.35. The summed E-state index contributed by atoms with van der Waals surface area (Å²) in [5, 5.41) is 6.26. The Bertz CT molecular complexity index is 423. The number of hydrogen-bond donors (Lipinski definition) is 2. The molecule has 0 saturated heterocycles. The van der Waals surface area contributed by atoms with Gasteiger partial charge in [0.15, 0.2) is 0 Å². The maximum Gasteiger partial charge on any atom is 0.241 e. The highest BCUT2D eigenvalue weighted by Gasteiger charge is 2.28. The molecule has 0 bridgehead atoms. The smallest absolute Gasteiger partial charge is 0.241 e. The second-order valence-electron chi connectivity index (χ2n) is 5.80. The van der Waals surface area contributed by atoms with Crippen LogP contribution in [0, 0.1) is 18.8 Å². The molecule has 2 unspecified atom stereocenters. The molecule has 3 heteroatoms. The molecule has 2 rings (SSSR count). The van der Waals surface area contributed by atoms with E-state index in [1.165, 1.54) is 18.4 Å². The molecule has 1 saturated carbocycles. The topological polar surface area (TPSA) is 41.1 Å². The van der Waals surface area contributed by atoms with Crippen LogP contribution in [0.25, 0.3) is 0 Å². The zero-order valence-electron chi connectivity index (χ0n) is 12.1. The van der Waals surface area contributed by atoms with Crippen LogP contribution in [-0.2, 0) is 4.79 Å². The Balaban J connectivity index is 1.76. The minimum absolute atomic E-state index is 0.0341. The number of aryl methyl sites for hydroxylation is 1. The van der Waals surface area contributed by atoms with Crippen LogP contribution in [0.2, 0.25) is 0 Å². The zero-order chi connectivity index (χ0) is 13.8. The summed E-state index contributed by atoms with van der Waals surface area (Å²) < 4.78 is 0. The van der Waals surface area contributed by atoms with Crippen molar-refractivity contribution in [3.8, 4) is 0 Å². The van der Waals surface area contributed by atoms with Crippen LogP contribution in [0.1, 0.15) is 32.3 Å². The molecule has 1 aromatic carbocycles. The van der Waals surface area contributed by atoms with Crippen LogP contribution in [0.15, 0.2) is 24.3 Å². The van der Waals surface area contributed by atoms with E-state index in [1.54, 1.807) is 0 Å². The summed E-state index contributed by atoms with van der Waals surface area (Å²) in [5.74, 6) is 1.58. The first-order chi connectivity index (χ1) is 9.06. The third-order valence-corrected chi connectivity index (χ3v) is 3.89. The molecule has 3 nitrogen and oxygen atoms in total. The van der Waals surface area contributed by atoms with Gasteiger partial charge in [0.2, 0.25) is 5.91 Å². The maximum absolute atomic E-state index is 12.0. The minimum atomic E-state index is -0.150. The number of benzene rings is 1. The lowest BCUT2D eigenvalue weighted by Crippen LogP contribution is -2.40. The van der Waals surface area contributed by atoms with Gasteiger partial charge >= 0.3 is 0 Å². The summed E-state index contributed by atoms with van der Waals surface area (Å²) in [5.41, 5.74) is 2.06. The molecule has 1 amide bonds. The molecule has 2 atom stereocenters. The highest BCUT2D eigenvalue weighted by molar-refractivity contribution is 5.94. The molecule has 0 spiro atoms. The van der Waals surface area contributed by atoms with Gasteiger partial charge in [-0.1, -0.05) is 24.6 Å². The predicted molar refractivity (Wildman–Crippen MR) is 79.2 cm³/mol. The average molecular weight is 260 g/mol. The SMILES string of the molecule is Cc1ccc(NC(=O)C(C)NCC(C)C2CC2)cc1. The monoisotopic (exact) mass is 260 g/mol. The number of hydrogen-bond acceptors (Lipinski definition) is 2. The van der Waals surface area contributed by atoms with Gasteiger partial charge < -0.3 is 10.6 Å². The van der Waals surface area contributed by atoms with Gasteiger partial charge in [-0.15, -0.1) is 0 Å². The number of anilines is 1. The van der Waals surface area contributed by atoms with E-state index in [0.717, 1.165) is 18.2 Å². The molecule has 1 aromatic rings. The maximum atomic E-state index is 12.0. The van der Waals surface area contributed by atoms with E-state index in [1.807, 2.05) is 38.1 Å². The standard InChI is InChI=1S/C16H24N2O/c1-11-4-8-15(9-5-11)18-16(19)13(3)17-10-12(2)14-6-7-14/h4-5,8-9,12-14,17H,6-7,10H2,1-3H3,(H,18,19). The van der Waals surface area contributed by atoms with Gasteiger partial charge in [0.25, 0.3) is 0 Å². The molecule has 2 N–H and O–H groups in total. The summed E-state index contributed by atoms with van der Waals surface area (Å²) in [4.78, 5) is 12.0. The van der Waals surface area contributed by atoms with Gasteiger partial charge in [-0.2, -0.15) is 0 Å². The molecule has 1 aliphatic rings. The molecular formula is C16H24N2O. The second kappa shape index (κ2) is 6.20. The fourth-order valence-corrected chi connectivity index (χ4v) is 2.17. The van der Waals surface area contributed by atoms with Crippen LogP contribution >= 0.6 is 0 Å². The highest BCUT2D eigenvalue weighted by atomic mass is 16.2. The van der Waals surface area contributed by atoms with Crippen molar-refractivity contribution in [2.45, 2.75) is 39.7 Å². The number of amides is 1. The third-order valence-electron chi connectivity index (χ3n) is 3.89. The van der Waals surface area contributed by atoms with Gasteiger partial charge in [-0.05, 0) is 57.2 Å². The Morgan fingerprint density at radius 2 is 1.89 bits per heavy atom. The molecule has 1 aliphatic carbocycles. The van der Waals surface area contributed by atoms with Gasteiger partial charge in [0.1, 0.15) is 0 Å².